The van der Waals surface area contributed by atoms with Crippen LogP contribution in [0.2, 0.25) is 5.02 Å². The Morgan fingerprint density at radius 2 is 2.00 bits per heavy atom. The average molecular weight is 267 g/mol. The molecule has 1 aromatic carbocycles. The number of hydrogen-bond donors (Lipinski definition) is 1. The summed E-state index contributed by atoms with van der Waals surface area (Å²) in [6.45, 7) is 5.41. The molecule has 3 nitrogen and oxygen atoms in total. The van der Waals surface area contributed by atoms with Crippen LogP contribution in [0.1, 0.15) is 12.0 Å². The molecule has 98 valence electrons. The Morgan fingerprint density at radius 3 is 2.56 bits per heavy atom. The van der Waals surface area contributed by atoms with Crippen LogP contribution in [0.15, 0.2) is 24.3 Å². The standard InChI is InChI=1S/C14H19ClN2O/c1-11(12-4-6-13(15)7-5-12)10-14(18)16-8-9-17(2)3/h4-7H,1,8-10H2,2-3H3,(H,16,18). The zero-order valence-electron chi connectivity index (χ0n) is 10.9. The van der Waals surface area contributed by atoms with Crippen LogP contribution in [-0.2, 0) is 4.79 Å². The maximum Gasteiger partial charge on any atom is 0.234 e. The lowest BCUT2D eigenvalue weighted by Crippen LogP contribution is -2.31. The molecule has 0 aliphatic heterocycles. The Kier molecular flexibility index (Phi) is 6.02. The van der Waals surface area contributed by atoms with Crippen molar-refractivity contribution in [1.29, 1.82) is 0 Å². The molecule has 0 unspecified atom stereocenters. The van der Waals surface area contributed by atoms with E-state index < -0.39 is 0 Å². The Labute approximate surface area is 114 Å². The van der Waals surface area contributed by atoms with E-state index in [4.69, 9.17) is 11.6 Å². The quantitative estimate of drug-likeness (QED) is 0.801. The number of amides is 1. The van der Waals surface area contributed by atoms with Gasteiger partial charge in [0.15, 0.2) is 0 Å². The summed E-state index contributed by atoms with van der Waals surface area (Å²) in [7, 11) is 3.94. The molecular formula is C14H19ClN2O. The van der Waals surface area contributed by atoms with Crippen molar-refractivity contribution in [1.82, 2.24) is 10.2 Å². The Bertz CT molecular complexity index is 376. The maximum absolute atomic E-state index is 11.7. The molecular weight excluding hydrogens is 248 g/mol. The Morgan fingerprint density at radius 1 is 1.39 bits per heavy atom. The minimum absolute atomic E-state index is 0.00296. The van der Waals surface area contributed by atoms with Crippen LogP contribution >= 0.6 is 11.6 Å². The third kappa shape index (κ3) is 5.43. The fraction of sp³-hybridized carbons (Fsp3) is 0.357. The number of likely N-dealkylation sites (N-methyl/N-ethyl adjacent to an activating group) is 1. The molecule has 1 rings (SSSR count). The summed E-state index contributed by atoms with van der Waals surface area (Å²) < 4.78 is 0. The van der Waals surface area contributed by atoms with Gasteiger partial charge < -0.3 is 10.2 Å². The predicted molar refractivity (Wildman–Crippen MR) is 75.3 cm³/mol. The van der Waals surface area contributed by atoms with Crippen molar-refractivity contribution in [2.45, 2.75) is 6.42 Å². The second-order valence-corrected chi connectivity index (χ2v) is 4.88. The van der Waals surface area contributed by atoms with Crippen LogP contribution in [0.25, 0.3) is 0 Å². The first-order valence-corrected chi connectivity index (χ1v) is 6.22. The molecule has 0 aromatic heterocycles. The van der Waals surface area contributed by atoms with E-state index in [1.54, 1.807) is 12.1 Å². The number of carbonyl (C=O) groups is 1. The number of carbonyl (C=O) groups excluding carboxylic acids is 1. The van der Waals surface area contributed by atoms with Crippen molar-refractivity contribution >= 4 is 17.5 Å². The molecule has 0 aliphatic rings. The van der Waals surface area contributed by atoms with Crippen molar-refractivity contribution in [3.8, 4) is 0 Å². The van der Waals surface area contributed by atoms with E-state index in [2.05, 4.69) is 12.2 Å². The van der Waals surface area contributed by atoms with Crippen LogP contribution < -0.4 is 5.32 Å². The predicted octanol–water partition coefficient (Wildman–Crippen LogP) is 2.16. The molecule has 1 amide bonds. The zero-order valence-corrected chi connectivity index (χ0v) is 11.6. The molecule has 18 heavy (non-hydrogen) atoms. The fourth-order valence-corrected chi connectivity index (χ4v) is 1.59. The van der Waals surface area contributed by atoms with Gasteiger partial charge in [0.05, 0.1) is 11.4 Å². The zero-order chi connectivity index (χ0) is 13.5. The van der Waals surface area contributed by atoms with Crippen molar-refractivity contribution in [2.75, 3.05) is 27.2 Å². The molecule has 0 radical (unpaired) electrons. The highest BCUT2D eigenvalue weighted by Gasteiger charge is 2.11. The Hall–Kier alpha value is -1.19. The van der Waals surface area contributed by atoms with Crippen LogP contribution in [0.3, 0.4) is 0 Å². The van der Waals surface area contributed by atoms with Gasteiger partial charge in [-0.2, -0.15) is 0 Å². The molecule has 1 aromatic rings. The van der Waals surface area contributed by atoms with Crippen LogP contribution in [0, 0.1) is 12.8 Å². The Balaban J connectivity index is 2.37. The smallest absolute Gasteiger partial charge is 0.234 e. The van der Waals surface area contributed by atoms with Crippen molar-refractivity contribution < 1.29 is 4.79 Å². The van der Waals surface area contributed by atoms with Gasteiger partial charge in [0.2, 0.25) is 5.91 Å². The molecule has 0 spiro atoms. The third-order valence-corrected chi connectivity index (χ3v) is 2.76. The second-order valence-electron chi connectivity index (χ2n) is 4.44. The van der Waals surface area contributed by atoms with Gasteiger partial charge in [0, 0.05) is 37.4 Å². The summed E-state index contributed by atoms with van der Waals surface area (Å²) in [6, 6.07) is 7.34. The molecule has 0 saturated carbocycles. The highest BCUT2D eigenvalue weighted by molar-refractivity contribution is 6.30. The van der Waals surface area contributed by atoms with Gasteiger partial charge >= 0.3 is 0 Å². The van der Waals surface area contributed by atoms with E-state index in [0.29, 0.717) is 18.0 Å². The monoisotopic (exact) mass is 266 g/mol. The minimum Gasteiger partial charge on any atom is -0.354 e. The van der Waals surface area contributed by atoms with Gasteiger partial charge in [0.25, 0.3) is 0 Å². The van der Waals surface area contributed by atoms with Gasteiger partial charge in [-0.25, -0.2) is 0 Å². The average Bonchev–Trinajstić information content (AvgIpc) is 2.29. The SMILES string of the molecule is [CH2-][C+](CC(=O)NCCN(C)C)c1ccc(Cl)cc1. The minimum atomic E-state index is -0.00296. The summed E-state index contributed by atoms with van der Waals surface area (Å²) in [5.74, 6) is 0.797. The molecule has 4 heteroatoms. The van der Waals surface area contributed by atoms with E-state index in [0.717, 1.165) is 18.0 Å². The first-order chi connectivity index (χ1) is 8.49. The van der Waals surface area contributed by atoms with Gasteiger partial charge in [-0.15, -0.1) is 5.92 Å². The highest BCUT2D eigenvalue weighted by atomic mass is 35.5. The summed E-state index contributed by atoms with van der Waals surface area (Å²) in [5, 5.41) is 3.54. The van der Waals surface area contributed by atoms with E-state index in [1.807, 2.05) is 31.1 Å². The van der Waals surface area contributed by atoms with Crippen LogP contribution in [-0.4, -0.2) is 38.0 Å². The van der Waals surface area contributed by atoms with Gasteiger partial charge in [-0.05, 0) is 14.1 Å². The van der Waals surface area contributed by atoms with E-state index in [1.165, 1.54) is 0 Å². The lowest BCUT2D eigenvalue weighted by atomic mass is 9.97. The third-order valence-electron chi connectivity index (χ3n) is 2.51. The van der Waals surface area contributed by atoms with Crippen molar-refractivity contribution in [3.63, 3.8) is 0 Å². The van der Waals surface area contributed by atoms with E-state index >= 15 is 0 Å². The largest absolute Gasteiger partial charge is 0.354 e. The summed E-state index contributed by atoms with van der Waals surface area (Å²) in [4.78, 5) is 13.7. The topological polar surface area (TPSA) is 32.3 Å². The molecule has 1 N–H and O–H groups in total. The lowest BCUT2D eigenvalue weighted by Gasteiger charge is -2.14. The van der Waals surface area contributed by atoms with Crippen molar-refractivity contribution in [3.05, 3.63) is 47.7 Å². The summed E-state index contributed by atoms with van der Waals surface area (Å²) in [5.41, 5.74) is 0.946. The fourth-order valence-electron chi connectivity index (χ4n) is 1.46. The van der Waals surface area contributed by atoms with Gasteiger partial charge in [0.1, 0.15) is 5.56 Å². The summed E-state index contributed by atoms with van der Waals surface area (Å²) in [6.07, 6.45) is 0.315. The van der Waals surface area contributed by atoms with Crippen molar-refractivity contribution in [2.24, 2.45) is 0 Å². The number of halogens is 1. The highest BCUT2D eigenvalue weighted by Crippen LogP contribution is 2.19. The molecule has 0 bridgehead atoms. The van der Waals surface area contributed by atoms with Gasteiger partial charge in [-0.1, -0.05) is 11.6 Å². The first-order valence-electron chi connectivity index (χ1n) is 5.84. The van der Waals surface area contributed by atoms with Crippen LogP contribution in [0.5, 0.6) is 0 Å². The summed E-state index contributed by atoms with van der Waals surface area (Å²) >= 11 is 5.81. The molecule has 0 fully saturated rings. The number of benzene rings is 1. The first kappa shape index (κ1) is 14.9. The van der Waals surface area contributed by atoms with E-state index in [-0.39, 0.29) is 5.91 Å². The molecule has 0 aliphatic carbocycles. The normalized spacial score (nSPS) is 10.5. The second kappa shape index (κ2) is 7.29. The number of hydrogen-bond acceptors (Lipinski definition) is 2. The lowest BCUT2D eigenvalue weighted by molar-refractivity contribution is -0.120. The maximum atomic E-state index is 11.7. The van der Waals surface area contributed by atoms with Gasteiger partial charge in [-0.3, -0.25) is 11.7 Å². The molecule has 0 saturated heterocycles. The van der Waals surface area contributed by atoms with Crippen LogP contribution in [0.4, 0.5) is 0 Å². The number of nitrogens with zero attached hydrogens (tertiary/aromatic N) is 1. The molecule has 0 atom stereocenters. The number of rotatable bonds is 6. The van der Waals surface area contributed by atoms with E-state index in [9.17, 15) is 4.79 Å². The molecule has 0 heterocycles. The number of nitrogens with one attached hydrogen (secondary N) is 1.